The molecule has 0 aromatic heterocycles. The maximum Gasteiger partial charge on any atom is 0.416 e. The molecule has 0 aliphatic heterocycles. The van der Waals surface area contributed by atoms with E-state index in [9.17, 15) is 13.2 Å². The van der Waals surface area contributed by atoms with Crippen LogP contribution in [0.1, 0.15) is 11.1 Å². The molecule has 0 spiro atoms. The second kappa shape index (κ2) is 7.31. The van der Waals surface area contributed by atoms with E-state index in [1.807, 2.05) is 25.2 Å². The Morgan fingerprint density at radius 2 is 1.73 bits per heavy atom. The zero-order valence-electron chi connectivity index (χ0n) is 12.4. The summed E-state index contributed by atoms with van der Waals surface area (Å²) in [7, 11) is 2.03. The summed E-state index contributed by atoms with van der Waals surface area (Å²) < 4.78 is 43.2. The van der Waals surface area contributed by atoms with Crippen molar-refractivity contribution < 1.29 is 22.8 Å². The van der Waals surface area contributed by atoms with Crippen LogP contribution in [-0.2, 0) is 12.7 Å². The molecule has 0 heterocycles. The molecule has 2 rings (SSSR count). The van der Waals surface area contributed by atoms with Crippen LogP contribution in [-0.4, -0.2) is 20.2 Å². The minimum atomic E-state index is -4.34. The fraction of sp³-hybridized carbons (Fsp3) is 0.294. The van der Waals surface area contributed by atoms with Gasteiger partial charge in [0.1, 0.15) is 25.4 Å². The van der Waals surface area contributed by atoms with E-state index in [-0.39, 0.29) is 5.75 Å². The zero-order chi connectivity index (χ0) is 16.0. The number of ether oxygens (including phenoxy) is 1. The minimum Gasteiger partial charge on any atom is -0.488 e. The number of nitrogens with one attached hydrogen (secondary N) is 1. The maximum absolute atomic E-state index is 12.6. The summed E-state index contributed by atoms with van der Waals surface area (Å²) in [6.45, 7) is 1.94. The van der Waals surface area contributed by atoms with Gasteiger partial charge in [0.2, 0.25) is 0 Å². The Labute approximate surface area is 128 Å². The van der Waals surface area contributed by atoms with E-state index < -0.39 is 11.7 Å². The summed E-state index contributed by atoms with van der Waals surface area (Å²) in [6.07, 6.45) is -4.34. The molecular weight excluding hydrogens is 291 g/mol. The summed E-state index contributed by atoms with van der Waals surface area (Å²) in [5.41, 5.74) is 0.536. The van der Waals surface area contributed by atoms with Crippen LogP contribution in [0.3, 0.4) is 0 Å². The van der Waals surface area contributed by atoms with E-state index >= 15 is 0 Å². The number of hydrogen-bond donors (Lipinski definition) is 1. The highest BCUT2D eigenvalue weighted by Gasteiger charge is 2.30. The van der Waals surface area contributed by atoms with Crippen molar-refractivity contribution >= 4 is 0 Å². The smallest absolute Gasteiger partial charge is 0.416 e. The van der Waals surface area contributed by atoms with Gasteiger partial charge >= 0.3 is 6.18 Å². The van der Waals surface area contributed by atoms with Crippen LogP contribution in [0.25, 0.3) is 0 Å². The van der Waals surface area contributed by atoms with Crippen LogP contribution >= 0.6 is 0 Å². The average molecular weight is 310 g/mol. The number of alkyl halides is 3. The van der Waals surface area contributed by atoms with Crippen molar-refractivity contribution in [1.82, 2.24) is 0 Å². The van der Waals surface area contributed by atoms with Crippen LogP contribution < -0.4 is 9.64 Å². The normalized spacial score (nSPS) is 12.9. The van der Waals surface area contributed by atoms with Crippen molar-refractivity contribution in [2.75, 3.05) is 20.2 Å². The van der Waals surface area contributed by atoms with E-state index in [2.05, 4.69) is 12.1 Å². The molecule has 1 N–H and O–H groups in total. The second-order valence-corrected chi connectivity index (χ2v) is 5.24. The van der Waals surface area contributed by atoms with Crippen molar-refractivity contribution in [3.05, 3.63) is 65.7 Å². The molecule has 0 aliphatic carbocycles. The van der Waals surface area contributed by atoms with Gasteiger partial charge in [-0.15, -0.1) is 0 Å². The van der Waals surface area contributed by atoms with Crippen LogP contribution in [0, 0.1) is 0 Å². The third kappa shape index (κ3) is 5.07. The van der Waals surface area contributed by atoms with Gasteiger partial charge in [-0.1, -0.05) is 36.4 Å². The lowest BCUT2D eigenvalue weighted by molar-refractivity contribution is -0.893. The van der Waals surface area contributed by atoms with E-state index in [0.29, 0.717) is 13.2 Å². The number of halogens is 3. The number of likely N-dealkylation sites (N-methyl/N-ethyl adjacent to an activating group) is 1. The van der Waals surface area contributed by atoms with Gasteiger partial charge in [0.15, 0.2) is 0 Å². The molecule has 22 heavy (non-hydrogen) atoms. The standard InChI is InChI=1S/C17H18F3NO/c1-21(13-14-6-3-2-4-7-14)10-11-22-16-9-5-8-15(12-16)17(18,19)20/h2-9,12H,10-11,13H2,1H3/p+1. The van der Waals surface area contributed by atoms with E-state index in [1.54, 1.807) is 6.07 Å². The summed E-state index contributed by atoms with van der Waals surface area (Å²) in [4.78, 5) is 1.23. The summed E-state index contributed by atoms with van der Waals surface area (Å²) in [5, 5.41) is 0. The third-order valence-electron chi connectivity index (χ3n) is 3.31. The molecule has 0 fully saturated rings. The molecule has 2 nitrogen and oxygen atoms in total. The predicted molar refractivity (Wildman–Crippen MR) is 78.8 cm³/mol. The summed E-state index contributed by atoms with van der Waals surface area (Å²) in [5.74, 6) is 0.252. The predicted octanol–water partition coefficient (Wildman–Crippen LogP) is 2.80. The van der Waals surface area contributed by atoms with Crippen molar-refractivity contribution in [2.45, 2.75) is 12.7 Å². The number of hydrogen-bond acceptors (Lipinski definition) is 1. The topological polar surface area (TPSA) is 13.7 Å². The third-order valence-corrected chi connectivity index (χ3v) is 3.31. The van der Waals surface area contributed by atoms with Crippen molar-refractivity contribution in [2.24, 2.45) is 0 Å². The molecule has 0 aliphatic rings. The van der Waals surface area contributed by atoms with Gasteiger partial charge in [-0.25, -0.2) is 0 Å². The highest BCUT2D eigenvalue weighted by Crippen LogP contribution is 2.31. The van der Waals surface area contributed by atoms with E-state index in [1.165, 1.54) is 16.5 Å². The first kappa shape index (κ1) is 16.4. The van der Waals surface area contributed by atoms with Crippen molar-refractivity contribution in [3.63, 3.8) is 0 Å². The Kier molecular flexibility index (Phi) is 5.44. The van der Waals surface area contributed by atoms with Gasteiger partial charge in [-0.3, -0.25) is 0 Å². The lowest BCUT2D eigenvalue weighted by Gasteiger charge is -2.15. The molecule has 118 valence electrons. The quantitative estimate of drug-likeness (QED) is 0.866. The zero-order valence-corrected chi connectivity index (χ0v) is 12.4. The first-order valence-corrected chi connectivity index (χ1v) is 7.10. The highest BCUT2D eigenvalue weighted by atomic mass is 19.4. The molecule has 0 saturated heterocycles. The van der Waals surface area contributed by atoms with Gasteiger partial charge in [0.05, 0.1) is 12.6 Å². The Morgan fingerprint density at radius 1 is 1.00 bits per heavy atom. The van der Waals surface area contributed by atoms with Gasteiger partial charge in [-0.05, 0) is 18.2 Å². The number of quaternary nitrogens is 1. The molecule has 2 aromatic carbocycles. The van der Waals surface area contributed by atoms with Gasteiger partial charge < -0.3 is 9.64 Å². The first-order chi connectivity index (χ1) is 10.4. The van der Waals surface area contributed by atoms with Gasteiger partial charge in [0.25, 0.3) is 0 Å². The minimum absolute atomic E-state index is 0.252. The Hall–Kier alpha value is -2.01. The first-order valence-electron chi connectivity index (χ1n) is 7.10. The van der Waals surface area contributed by atoms with Crippen LogP contribution in [0.4, 0.5) is 13.2 Å². The van der Waals surface area contributed by atoms with Gasteiger partial charge in [0, 0.05) is 5.56 Å². The molecule has 1 unspecified atom stereocenters. The molecule has 5 heteroatoms. The van der Waals surface area contributed by atoms with Crippen molar-refractivity contribution in [1.29, 1.82) is 0 Å². The lowest BCUT2D eigenvalue weighted by atomic mass is 10.2. The van der Waals surface area contributed by atoms with Crippen LogP contribution in [0.2, 0.25) is 0 Å². The lowest BCUT2D eigenvalue weighted by Crippen LogP contribution is -3.08. The number of rotatable bonds is 6. The molecule has 0 amide bonds. The Balaban J connectivity index is 1.81. The molecule has 1 atom stereocenters. The summed E-state index contributed by atoms with van der Waals surface area (Å²) in [6, 6.07) is 15.0. The fourth-order valence-electron chi connectivity index (χ4n) is 2.14. The van der Waals surface area contributed by atoms with E-state index in [0.717, 1.165) is 18.7 Å². The monoisotopic (exact) mass is 310 g/mol. The molecule has 0 radical (unpaired) electrons. The van der Waals surface area contributed by atoms with Crippen LogP contribution in [0.5, 0.6) is 5.75 Å². The largest absolute Gasteiger partial charge is 0.488 e. The second-order valence-electron chi connectivity index (χ2n) is 5.24. The Morgan fingerprint density at radius 3 is 2.41 bits per heavy atom. The SMILES string of the molecule is C[NH+](CCOc1cccc(C(F)(F)F)c1)Cc1ccccc1. The summed E-state index contributed by atoms with van der Waals surface area (Å²) >= 11 is 0. The Bertz CT molecular complexity index is 584. The number of benzene rings is 2. The van der Waals surface area contributed by atoms with Gasteiger partial charge in [-0.2, -0.15) is 13.2 Å². The van der Waals surface area contributed by atoms with Crippen LogP contribution in [0.15, 0.2) is 54.6 Å². The highest BCUT2D eigenvalue weighted by molar-refractivity contribution is 5.30. The molecule has 2 aromatic rings. The maximum atomic E-state index is 12.6. The molecular formula is C17H19F3NO+. The van der Waals surface area contributed by atoms with E-state index in [4.69, 9.17) is 4.74 Å². The molecule has 0 bridgehead atoms. The average Bonchev–Trinajstić information content (AvgIpc) is 2.48. The fourth-order valence-corrected chi connectivity index (χ4v) is 2.14. The van der Waals surface area contributed by atoms with Crippen molar-refractivity contribution in [3.8, 4) is 5.75 Å². The molecule has 0 saturated carbocycles.